The molecular weight excluding hydrogens is 192 g/mol. The molecular formula is C11H14N2O2. The van der Waals surface area contributed by atoms with Gasteiger partial charge in [0.05, 0.1) is 18.6 Å². The first kappa shape index (κ1) is 9.09. The number of hydrogen-bond donors (Lipinski definition) is 0. The molecule has 2 fully saturated rings. The number of rotatable bonds is 2. The molecule has 4 heteroatoms. The summed E-state index contributed by atoms with van der Waals surface area (Å²) in [6.45, 7) is 3.36. The van der Waals surface area contributed by atoms with Crippen molar-refractivity contribution in [3.8, 4) is 0 Å². The Kier molecular flexibility index (Phi) is 1.92. The summed E-state index contributed by atoms with van der Waals surface area (Å²) in [6.07, 6.45) is 5.94. The van der Waals surface area contributed by atoms with Crippen LogP contribution in [0.1, 0.15) is 6.42 Å². The molecule has 2 atom stereocenters. The van der Waals surface area contributed by atoms with E-state index >= 15 is 0 Å². The van der Waals surface area contributed by atoms with E-state index in [1.54, 1.807) is 0 Å². The first-order valence-electron chi connectivity index (χ1n) is 5.40. The van der Waals surface area contributed by atoms with Gasteiger partial charge in [0.25, 0.3) is 0 Å². The fourth-order valence-electron chi connectivity index (χ4n) is 2.24. The van der Waals surface area contributed by atoms with Crippen LogP contribution < -0.4 is 0 Å². The van der Waals surface area contributed by atoms with Gasteiger partial charge in [0.2, 0.25) is 0 Å². The molecule has 2 heterocycles. The molecule has 80 valence electrons. The molecule has 1 saturated heterocycles. The van der Waals surface area contributed by atoms with Gasteiger partial charge in [-0.3, -0.25) is 0 Å². The van der Waals surface area contributed by atoms with E-state index < -0.39 is 0 Å². The van der Waals surface area contributed by atoms with Crippen LogP contribution in [0, 0.1) is 11.3 Å². The van der Waals surface area contributed by atoms with Crippen LogP contribution in [0.25, 0.3) is 0 Å². The minimum Gasteiger partial charge on any atom is -0.378 e. The molecule has 4 nitrogen and oxygen atoms in total. The van der Waals surface area contributed by atoms with E-state index in [-0.39, 0.29) is 5.41 Å². The van der Waals surface area contributed by atoms with E-state index in [0.29, 0.717) is 5.92 Å². The average molecular weight is 206 g/mol. The highest BCUT2D eigenvalue weighted by molar-refractivity contribution is 5.93. The van der Waals surface area contributed by atoms with Gasteiger partial charge in [0, 0.05) is 19.3 Å². The van der Waals surface area contributed by atoms with Gasteiger partial charge in [-0.2, -0.15) is 0 Å². The minimum atomic E-state index is -0.240. The summed E-state index contributed by atoms with van der Waals surface area (Å²) in [7, 11) is 0. The van der Waals surface area contributed by atoms with Crippen LogP contribution in [0.2, 0.25) is 0 Å². The minimum absolute atomic E-state index is 0.240. The third-order valence-corrected chi connectivity index (χ3v) is 3.45. The van der Waals surface area contributed by atoms with Crippen LogP contribution in [0.5, 0.6) is 0 Å². The lowest BCUT2D eigenvalue weighted by molar-refractivity contribution is -0.110. The molecule has 1 saturated carbocycles. The average Bonchev–Trinajstić information content (AvgIpc) is 3.04. The molecule has 0 amide bonds. The summed E-state index contributed by atoms with van der Waals surface area (Å²) < 4.78 is 5.29. The quantitative estimate of drug-likeness (QED) is 0.616. The molecule has 2 unspecified atom stereocenters. The zero-order chi connectivity index (χ0) is 10.3. The van der Waals surface area contributed by atoms with Gasteiger partial charge in [0.1, 0.15) is 12.1 Å². The molecule has 0 N–H and O–H groups in total. The Hall–Kier alpha value is -1.16. The smallest absolute Gasteiger partial charge is 0.132 e. The van der Waals surface area contributed by atoms with Crippen LogP contribution >= 0.6 is 0 Å². The SMILES string of the molecule is O=CC12C=NC(N3CCOCC3)=CC1C2. The normalized spacial score (nSPS) is 38.3. The molecule has 0 aromatic rings. The van der Waals surface area contributed by atoms with Crippen LogP contribution in [0.4, 0.5) is 0 Å². The number of aldehydes is 1. The van der Waals surface area contributed by atoms with Crippen molar-refractivity contribution in [1.29, 1.82) is 0 Å². The summed E-state index contributed by atoms with van der Waals surface area (Å²) in [4.78, 5) is 17.5. The topological polar surface area (TPSA) is 41.9 Å². The fraction of sp³-hybridized carbons (Fsp3) is 0.636. The van der Waals surface area contributed by atoms with Crippen molar-refractivity contribution in [2.24, 2.45) is 16.3 Å². The third kappa shape index (κ3) is 1.40. The number of aliphatic imine (C=N–C) groups is 1. The second kappa shape index (κ2) is 3.17. The lowest BCUT2D eigenvalue weighted by Crippen LogP contribution is -2.36. The van der Waals surface area contributed by atoms with Gasteiger partial charge in [0.15, 0.2) is 0 Å². The van der Waals surface area contributed by atoms with Gasteiger partial charge in [-0.05, 0) is 18.4 Å². The summed E-state index contributed by atoms with van der Waals surface area (Å²) in [5, 5.41) is 0. The largest absolute Gasteiger partial charge is 0.378 e. The number of ether oxygens (including phenoxy) is 1. The van der Waals surface area contributed by atoms with Crippen LogP contribution in [0.3, 0.4) is 0 Å². The van der Waals surface area contributed by atoms with Crippen LogP contribution in [-0.2, 0) is 9.53 Å². The molecule has 3 rings (SSSR count). The standard InChI is InChI=1S/C11H14N2O2/c14-8-11-6-9(11)5-10(12-7-11)13-1-3-15-4-2-13/h5,7-9H,1-4,6H2. The summed E-state index contributed by atoms with van der Waals surface area (Å²) in [5.74, 6) is 1.42. The number of allylic oxidation sites excluding steroid dienone is 1. The third-order valence-electron chi connectivity index (χ3n) is 3.45. The second-order valence-electron chi connectivity index (χ2n) is 4.42. The van der Waals surface area contributed by atoms with Crippen molar-refractivity contribution < 1.29 is 9.53 Å². The van der Waals surface area contributed by atoms with Crippen molar-refractivity contribution in [3.63, 3.8) is 0 Å². The van der Waals surface area contributed by atoms with E-state index in [2.05, 4.69) is 16.0 Å². The van der Waals surface area contributed by atoms with Crippen LogP contribution in [-0.4, -0.2) is 43.7 Å². The van der Waals surface area contributed by atoms with Gasteiger partial charge in [-0.25, -0.2) is 4.99 Å². The van der Waals surface area contributed by atoms with E-state index in [1.807, 2.05) is 6.21 Å². The molecule has 2 aliphatic heterocycles. The molecule has 3 aliphatic rings. The molecule has 1 aliphatic carbocycles. The molecule has 0 bridgehead atoms. The number of carbonyl (C=O) groups excluding carboxylic acids is 1. The van der Waals surface area contributed by atoms with E-state index in [0.717, 1.165) is 44.8 Å². The molecule has 0 aromatic heterocycles. The highest BCUT2D eigenvalue weighted by Gasteiger charge is 2.54. The maximum absolute atomic E-state index is 10.9. The Morgan fingerprint density at radius 2 is 2.33 bits per heavy atom. The number of hydrogen-bond acceptors (Lipinski definition) is 4. The Bertz CT molecular complexity index is 344. The van der Waals surface area contributed by atoms with Crippen molar-refractivity contribution in [3.05, 3.63) is 11.9 Å². The second-order valence-corrected chi connectivity index (χ2v) is 4.42. The Morgan fingerprint density at radius 3 is 3.00 bits per heavy atom. The van der Waals surface area contributed by atoms with Gasteiger partial charge >= 0.3 is 0 Å². The highest BCUT2D eigenvalue weighted by atomic mass is 16.5. The molecule has 0 radical (unpaired) electrons. The van der Waals surface area contributed by atoms with E-state index in [1.165, 1.54) is 0 Å². The van der Waals surface area contributed by atoms with Gasteiger partial charge in [-0.1, -0.05) is 0 Å². The van der Waals surface area contributed by atoms with Crippen molar-refractivity contribution in [1.82, 2.24) is 4.90 Å². The highest BCUT2D eigenvalue weighted by Crippen LogP contribution is 2.52. The van der Waals surface area contributed by atoms with E-state index in [4.69, 9.17) is 4.74 Å². The predicted molar refractivity (Wildman–Crippen MR) is 55.6 cm³/mol. The fourth-order valence-corrected chi connectivity index (χ4v) is 2.24. The molecule has 0 aromatic carbocycles. The molecule has 0 spiro atoms. The van der Waals surface area contributed by atoms with Crippen molar-refractivity contribution in [2.75, 3.05) is 26.3 Å². The molecule has 15 heavy (non-hydrogen) atoms. The first-order chi connectivity index (χ1) is 7.34. The lowest BCUT2D eigenvalue weighted by Gasteiger charge is -2.29. The number of carbonyl (C=O) groups is 1. The Labute approximate surface area is 88.6 Å². The van der Waals surface area contributed by atoms with E-state index in [9.17, 15) is 4.79 Å². The first-order valence-corrected chi connectivity index (χ1v) is 5.40. The summed E-state index contributed by atoms with van der Waals surface area (Å²) in [6, 6.07) is 0. The number of morpholine rings is 1. The van der Waals surface area contributed by atoms with Crippen molar-refractivity contribution in [2.45, 2.75) is 6.42 Å². The zero-order valence-corrected chi connectivity index (χ0v) is 8.56. The summed E-state index contributed by atoms with van der Waals surface area (Å²) >= 11 is 0. The van der Waals surface area contributed by atoms with Crippen molar-refractivity contribution >= 4 is 12.5 Å². The summed E-state index contributed by atoms with van der Waals surface area (Å²) in [5.41, 5.74) is -0.240. The van der Waals surface area contributed by atoms with Crippen LogP contribution in [0.15, 0.2) is 16.9 Å². The monoisotopic (exact) mass is 206 g/mol. The van der Waals surface area contributed by atoms with Gasteiger partial charge in [-0.15, -0.1) is 0 Å². The lowest BCUT2D eigenvalue weighted by atomic mass is 10.1. The number of nitrogens with zero attached hydrogens (tertiary/aromatic N) is 2. The van der Waals surface area contributed by atoms with Gasteiger partial charge < -0.3 is 14.4 Å². The Balaban J connectivity index is 1.74. The maximum atomic E-state index is 10.9. The predicted octanol–water partition coefficient (Wildman–Crippen LogP) is 0.450. The Morgan fingerprint density at radius 1 is 1.53 bits per heavy atom. The maximum Gasteiger partial charge on any atom is 0.132 e. The zero-order valence-electron chi connectivity index (χ0n) is 8.56. The number of fused-ring (bicyclic) bond motifs is 1.